The molecule has 1 N–H and O–H groups in total. The molecule has 6 rings (SSSR count). The van der Waals surface area contributed by atoms with Gasteiger partial charge in [-0.05, 0) is 68.4 Å². The van der Waals surface area contributed by atoms with Crippen molar-refractivity contribution in [2.75, 3.05) is 24.4 Å². The van der Waals surface area contributed by atoms with Crippen LogP contribution in [0.1, 0.15) is 67.4 Å². The molecule has 2 fully saturated rings. The summed E-state index contributed by atoms with van der Waals surface area (Å²) in [6, 6.07) is 14.5. The summed E-state index contributed by atoms with van der Waals surface area (Å²) in [7, 11) is -4.09. The van der Waals surface area contributed by atoms with Crippen molar-refractivity contribution in [1.82, 2.24) is 19.8 Å². The van der Waals surface area contributed by atoms with Crippen molar-refractivity contribution in [3.8, 4) is 17.1 Å². The van der Waals surface area contributed by atoms with E-state index in [4.69, 9.17) is 4.74 Å². The van der Waals surface area contributed by atoms with E-state index in [9.17, 15) is 13.2 Å². The van der Waals surface area contributed by atoms with Gasteiger partial charge in [0.1, 0.15) is 6.10 Å². The van der Waals surface area contributed by atoms with Gasteiger partial charge < -0.3 is 9.64 Å². The number of ether oxygens (including phenoxy) is 1. The molecule has 2 aromatic carbocycles. The second-order valence-corrected chi connectivity index (χ2v) is 14.4. The summed E-state index contributed by atoms with van der Waals surface area (Å²) >= 11 is 0. The fourth-order valence-corrected chi connectivity index (χ4v) is 7.95. The van der Waals surface area contributed by atoms with Gasteiger partial charge in [0, 0.05) is 42.4 Å². The first kappa shape index (κ1) is 29.6. The maximum absolute atomic E-state index is 14.2. The van der Waals surface area contributed by atoms with Gasteiger partial charge in [0.2, 0.25) is 11.8 Å². The molecule has 2 aliphatic heterocycles. The van der Waals surface area contributed by atoms with Crippen LogP contribution in [0.25, 0.3) is 11.3 Å². The quantitative estimate of drug-likeness (QED) is 0.424. The maximum atomic E-state index is 14.2. The highest BCUT2D eigenvalue weighted by molar-refractivity contribution is 7.92. The van der Waals surface area contributed by atoms with E-state index in [1.165, 1.54) is 25.0 Å². The number of aromatic nitrogens is 2. The summed E-state index contributed by atoms with van der Waals surface area (Å²) in [5.74, 6) is 0.410. The average molecular weight is 604 g/mol. The van der Waals surface area contributed by atoms with Crippen LogP contribution in [-0.2, 0) is 10.0 Å². The SMILES string of the molecule is Cc1cccc(C)c1-c1cc2nc(n1)NS(=O)(=O)c1cccc(c1)C(=O)N1C[C@@H](CN(C3CCCC3)C[C@H]1CC(C)C)O2. The van der Waals surface area contributed by atoms with Gasteiger partial charge in [-0.15, -0.1) is 0 Å². The van der Waals surface area contributed by atoms with Crippen LogP contribution in [-0.4, -0.2) is 71.9 Å². The molecule has 1 amide bonds. The van der Waals surface area contributed by atoms with Gasteiger partial charge in [-0.3, -0.25) is 9.69 Å². The average Bonchev–Trinajstić information content (AvgIpc) is 3.43. The fraction of sp³-hybridized carbons (Fsp3) is 0.485. The molecule has 0 spiro atoms. The topological polar surface area (TPSA) is 105 Å². The molecule has 3 heterocycles. The number of carbonyl (C=O) groups is 1. The molecule has 0 unspecified atom stereocenters. The highest BCUT2D eigenvalue weighted by atomic mass is 32.2. The molecule has 0 radical (unpaired) electrons. The van der Waals surface area contributed by atoms with Gasteiger partial charge in [0.05, 0.1) is 17.1 Å². The van der Waals surface area contributed by atoms with Crippen LogP contribution in [0.15, 0.2) is 53.4 Å². The highest BCUT2D eigenvalue weighted by Gasteiger charge is 2.38. The second kappa shape index (κ2) is 11.9. The molecule has 1 aliphatic carbocycles. The molecule has 9 nitrogen and oxygen atoms in total. The number of amides is 1. The van der Waals surface area contributed by atoms with Gasteiger partial charge in [-0.1, -0.05) is 51.0 Å². The van der Waals surface area contributed by atoms with E-state index in [1.807, 2.05) is 36.9 Å². The van der Waals surface area contributed by atoms with Gasteiger partial charge in [0.15, 0.2) is 0 Å². The van der Waals surface area contributed by atoms with Crippen molar-refractivity contribution in [2.45, 2.75) is 82.9 Å². The Balaban J connectivity index is 1.51. The van der Waals surface area contributed by atoms with Crippen molar-refractivity contribution < 1.29 is 17.9 Å². The largest absolute Gasteiger partial charge is 0.471 e. The lowest BCUT2D eigenvalue weighted by Crippen LogP contribution is -2.47. The number of rotatable bonds is 4. The fourth-order valence-electron chi connectivity index (χ4n) is 6.96. The second-order valence-electron chi connectivity index (χ2n) is 12.7. The zero-order valence-electron chi connectivity index (χ0n) is 25.4. The Labute approximate surface area is 254 Å². The Kier molecular flexibility index (Phi) is 8.17. The highest BCUT2D eigenvalue weighted by Crippen LogP contribution is 2.32. The predicted octanol–water partition coefficient (Wildman–Crippen LogP) is 5.44. The summed E-state index contributed by atoms with van der Waals surface area (Å²) in [6.07, 6.45) is 5.20. The first-order valence-corrected chi connectivity index (χ1v) is 16.9. The number of benzene rings is 2. The summed E-state index contributed by atoms with van der Waals surface area (Å²) in [4.78, 5) is 27.9. The van der Waals surface area contributed by atoms with Crippen molar-refractivity contribution in [3.63, 3.8) is 0 Å². The molecule has 43 heavy (non-hydrogen) atoms. The molecular weight excluding hydrogens is 562 g/mol. The lowest BCUT2D eigenvalue weighted by atomic mass is 10.00. The van der Waals surface area contributed by atoms with E-state index in [2.05, 4.69) is 33.4 Å². The minimum atomic E-state index is -4.09. The minimum absolute atomic E-state index is 0.0134. The number of hydrogen-bond acceptors (Lipinski definition) is 7. The molecule has 228 valence electrons. The number of nitrogens with one attached hydrogen (secondary N) is 1. The summed E-state index contributed by atoms with van der Waals surface area (Å²) in [5.41, 5.74) is 3.85. The Bertz CT molecular complexity index is 1600. The third kappa shape index (κ3) is 6.26. The van der Waals surface area contributed by atoms with Gasteiger partial charge in [-0.2, -0.15) is 4.98 Å². The minimum Gasteiger partial charge on any atom is -0.471 e. The number of aryl methyl sites for hydroxylation is 2. The van der Waals surface area contributed by atoms with Crippen LogP contribution in [0.4, 0.5) is 5.95 Å². The van der Waals surface area contributed by atoms with Crippen molar-refractivity contribution in [2.24, 2.45) is 5.92 Å². The van der Waals surface area contributed by atoms with Crippen molar-refractivity contribution >= 4 is 21.9 Å². The van der Waals surface area contributed by atoms with Crippen LogP contribution < -0.4 is 9.46 Å². The standard InChI is InChI=1S/C33H41N5O4S/c1-21(2)15-26-18-37(25-12-5-6-13-25)19-27-20-38(26)32(39)24-11-8-14-28(16-24)43(40,41)36-33-34-29(17-30(35-33)42-27)31-22(3)9-7-10-23(31)4/h7-11,14,16-17,21,25-27H,5-6,12-13,15,18-20H2,1-4H3,(H,34,35,36)/t26-,27-/m1/s1. The zero-order valence-corrected chi connectivity index (χ0v) is 26.2. The first-order valence-electron chi connectivity index (χ1n) is 15.4. The molecular formula is C33H41N5O4S. The van der Waals surface area contributed by atoms with Gasteiger partial charge in [-0.25, -0.2) is 18.1 Å². The van der Waals surface area contributed by atoms with E-state index in [0.717, 1.165) is 42.5 Å². The monoisotopic (exact) mass is 603 g/mol. The molecule has 6 bridgehead atoms. The van der Waals surface area contributed by atoms with Crippen LogP contribution in [0.5, 0.6) is 5.88 Å². The molecule has 1 saturated carbocycles. The molecule has 2 atom stereocenters. The van der Waals surface area contributed by atoms with E-state index in [1.54, 1.807) is 18.2 Å². The van der Waals surface area contributed by atoms with Crippen LogP contribution in [0.2, 0.25) is 0 Å². The zero-order chi connectivity index (χ0) is 30.3. The number of fused-ring (bicyclic) bond motifs is 6. The smallest absolute Gasteiger partial charge is 0.264 e. The maximum Gasteiger partial charge on any atom is 0.264 e. The Morgan fingerprint density at radius 2 is 1.70 bits per heavy atom. The number of carbonyl (C=O) groups excluding carboxylic acids is 1. The Morgan fingerprint density at radius 3 is 2.42 bits per heavy atom. The van der Waals surface area contributed by atoms with Gasteiger partial charge >= 0.3 is 0 Å². The van der Waals surface area contributed by atoms with Crippen molar-refractivity contribution in [1.29, 1.82) is 0 Å². The number of anilines is 1. The van der Waals surface area contributed by atoms with Crippen molar-refractivity contribution in [3.05, 3.63) is 65.2 Å². The number of nitrogens with zero attached hydrogens (tertiary/aromatic N) is 4. The predicted molar refractivity (Wildman–Crippen MR) is 167 cm³/mol. The summed E-state index contributed by atoms with van der Waals surface area (Å²) in [5, 5.41) is 0. The summed E-state index contributed by atoms with van der Waals surface area (Å²) < 4.78 is 36.4. The Morgan fingerprint density at radius 1 is 0.977 bits per heavy atom. The normalized spacial score (nSPS) is 22.6. The number of sulfonamides is 1. The van der Waals surface area contributed by atoms with Crippen LogP contribution >= 0.6 is 0 Å². The van der Waals surface area contributed by atoms with Crippen LogP contribution in [0.3, 0.4) is 0 Å². The van der Waals surface area contributed by atoms with E-state index >= 15 is 0 Å². The molecule has 3 aromatic rings. The molecule has 1 saturated heterocycles. The molecule has 10 heteroatoms. The van der Waals surface area contributed by atoms with E-state index < -0.39 is 10.0 Å². The molecule has 3 aliphatic rings. The van der Waals surface area contributed by atoms with E-state index in [-0.39, 0.29) is 34.8 Å². The molecule has 1 aromatic heterocycles. The van der Waals surface area contributed by atoms with E-state index in [0.29, 0.717) is 36.3 Å². The third-order valence-electron chi connectivity index (χ3n) is 8.91. The first-order chi connectivity index (χ1) is 20.6. The lowest BCUT2D eigenvalue weighted by Gasteiger charge is -2.34. The lowest BCUT2D eigenvalue weighted by molar-refractivity contribution is 0.0583. The third-order valence-corrected chi connectivity index (χ3v) is 10.2. The van der Waals surface area contributed by atoms with Crippen LogP contribution in [0, 0.1) is 19.8 Å². The summed E-state index contributed by atoms with van der Waals surface area (Å²) in [6.45, 7) is 10.2. The van der Waals surface area contributed by atoms with Gasteiger partial charge in [0.25, 0.3) is 15.9 Å². The number of hydrogen-bond donors (Lipinski definition) is 1. The Hall–Kier alpha value is -3.50.